The lowest BCUT2D eigenvalue weighted by atomic mass is 10.1. The maximum Gasteiger partial charge on any atom is 0.374 e. The van der Waals surface area contributed by atoms with Gasteiger partial charge in [-0.15, -0.1) is 0 Å². The van der Waals surface area contributed by atoms with Crippen LogP contribution in [0.25, 0.3) is 0 Å². The second-order valence-corrected chi connectivity index (χ2v) is 2.37. The predicted octanol–water partition coefficient (Wildman–Crippen LogP) is 1.31. The zero-order chi connectivity index (χ0) is 8.69. The van der Waals surface area contributed by atoms with Gasteiger partial charge in [0.05, 0.1) is 7.11 Å². The highest BCUT2D eigenvalue weighted by atomic mass is 16.5. The van der Waals surface area contributed by atoms with Crippen LogP contribution in [0.1, 0.15) is 32.6 Å². The fourth-order valence-corrected chi connectivity index (χ4v) is 0.751. The van der Waals surface area contributed by atoms with Gasteiger partial charge in [0.1, 0.15) is 0 Å². The quantitative estimate of drug-likeness (QED) is 0.344. The Labute approximate surface area is 66.7 Å². The van der Waals surface area contributed by atoms with Crippen LogP contribution in [0.2, 0.25) is 0 Å². The summed E-state index contributed by atoms with van der Waals surface area (Å²) in [6, 6.07) is 0. The molecule has 0 spiro atoms. The summed E-state index contributed by atoms with van der Waals surface area (Å²) in [5.41, 5.74) is 0. The molecule has 3 heteroatoms. The normalized spacial score (nSPS) is 9.27. The molecule has 0 aromatic rings. The number of rotatable bonds is 5. The highest BCUT2D eigenvalue weighted by molar-refractivity contribution is 6.33. The number of carbonyl (C=O) groups is 2. The van der Waals surface area contributed by atoms with Crippen LogP contribution in [-0.4, -0.2) is 18.9 Å². The molecular formula is C8H14O3. The Morgan fingerprint density at radius 2 is 1.91 bits per heavy atom. The van der Waals surface area contributed by atoms with E-state index in [1.807, 2.05) is 6.92 Å². The van der Waals surface area contributed by atoms with Crippen molar-refractivity contribution in [1.29, 1.82) is 0 Å². The SMILES string of the molecule is CCCCCC(=O)C(=O)OC. The lowest BCUT2D eigenvalue weighted by Crippen LogP contribution is -2.14. The molecule has 0 aliphatic rings. The molecule has 0 bridgehead atoms. The summed E-state index contributed by atoms with van der Waals surface area (Å²) >= 11 is 0. The minimum atomic E-state index is -0.721. The number of ketones is 1. The Hall–Kier alpha value is -0.860. The van der Waals surface area contributed by atoms with Crippen molar-refractivity contribution in [1.82, 2.24) is 0 Å². The van der Waals surface area contributed by atoms with E-state index in [1.54, 1.807) is 0 Å². The van der Waals surface area contributed by atoms with Crippen molar-refractivity contribution in [3.05, 3.63) is 0 Å². The Balaban J connectivity index is 3.44. The maximum atomic E-state index is 10.8. The molecule has 3 nitrogen and oxygen atoms in total. The van der Waals surface area contributed by atoms with Gasteiger partial charge in [-0.05, 0) is 6.42 Å². The number of hydrogen-bond donors (Lipinski definition) is 0. The van der Waals surface area contributed by atoms with Gasteiger partial charge in [-0.25, -0.2) is 4.79 Å². The summed E-state index contributed by atoms with van der Waals surface area (Å²) in [6.07, 6.45) is 3.14. The Bertz CT molecular complexity index is 140. The zero-order valence-electron chi connectivity index (χ0n) is 7.05. The van der Waals surface area contributed by atoms with E-state index in [0.717, 1.165) is 19.3 Å². The van der Waals surface area contributed by atoms with E-state index in [9.17, 15) is 9.59 Å². The van der Waals surface area contributed by atoms with Gasteiger partial charge in [0.2, 0.25) is 5.78 Å². The average molecular weight is 158 g/mol. The van der Waals surface area contributed by atoms with Crippen molar-refractivity contribution < 1.29 is 14.3 Å². The van der Waals surface area contributed by atoms with Crippen molar-refractivity contribution in [3.63, 3.8) is 0 Å². The first-order chi connectivity index (χ1) is 5.22. The number of hydrogen-bond acceptors (Lipinski definition) is 3. The monoisotopic (exact) mass is 158 g/mol. The van der Waals surface area contributed by atoms with Crippen molar-refractivity contribution in [2.45, 2.75) is 32.6 Å². The molecule has 64 valence electrons. The van der Waals surface area contributed by atoms with E-state index >= 15 is 0 Å². The second-order valence-electron chi connectivity index (χ2n) is 2.37. The summed E-state index contributed by atoms with van der Waals surface area (Å²) in [4.78, 5) is 21.3. The largest absolute Gasteiger partial charge is 0.463 e. The highest BCUT2D eigenvalue weighted by Crippen LogP contribution is 1.99. The van der Waals surface area contributed by atoms with Crippen LogP contribution in [0.3, 0.4) is 0 Å². The van der Waals surface area contributed by atoms with E-state index in [4.69, 9.17) is 0 Å². The summed E-state index contributed by atoms with van der Waals surface area (Å²) in [6.45, 7) is 2.04. The van der Waals surface area contributed by atoms with E-state index in [0.29, 0.717) is 6.42 Å². The van der Waals surface area contributed by atoms with Crippen molar-refractivity contribution in [2.24, 2.45) is 0 Å². The average Bonchev–Trinajstić information content (AvgIpc) is 2.03. The van der Waals surface area contributed by atoms with E-state index < -0.39 is 11.8 Å². The van der Waals surface area contributed by atoms with E-state index in [2.05, 4.69) is 4.74 Å². The fraction of sp³-hybridized carbons (Fsp3) is 0.750. The number of ether oxygens (including phenoxy) is 1. The van der Waals surface area contributed by atoms with Crippen LogP contribution >= 0.6 is 0 Å². The molecule has 11 heavy (non-hydrogen) atoms. The molecule has 0 aliphatic carbocycles. The molecule has 0 saturated carbocycles. The van der Waals surface area contributed by atoms with E-state index in [-0.39, 0.29) is 0 Å². The lowest BCUT2D eigenvalue weighted by Gasteiger charge is -1.96. The van der Waals surface area contributed by atoms with Gasteiger partial charge in [0.25, 0.3) is 0 Å². The molecule has 0 aromatic heterocycles. The van der Waals surface area contributed by atoms with Crippen LogP contribution in [0.5, 0.6) is 0 Å². The fourth-order valence-electron chi connectivity index (χ4n) is 0.751. The summed E-state index contributed by atoms with van der Waals surface area (Å²) < 4.78 is 4.25. The van der Waals surface area contributed by atoms with Gasteiger partial charge in [0.15, 0.2) is 0 Å². The van der Waals surface area contributed by atoms with Gasteiger partial charge in [0, 0.05) is 6.42 Å². The van der Waals surface area contributed by atoms with Crippen LogP contribution in [0, 0.1) is 0 Å². The van der Waals surface area contributed by atoms with Crippen molar-refractivity contribution >= 4 is 11.8 Å². The standard InChI is InChI=1S/C8H14O3/c1-3-4-5-6-7(9)8(10)11-2/h3-6H2,1-2H3. The first-order valence-electron chi connectivity index (χ1n) is 3.83. The molecule has 0 saturated heterocycles. The molecule has 0 radical (unpaired) electrons. The van der Waals surface area contributed by atoms with Crippen LogP contribution in [-0.2, 0) is 14.3 Å². The Kier molecular flexibility index (Phi) is 5.43. The Morgan fingerprint density at radius 1 is 1.27 bits per heavy atom. The highest BCUT2D eigenvalue weighted by Gasteiger charge is 2.11. The van der Waals surface area contributed by atoms with Gasteiger partial charge >= 0.3 is 5.97 Å². The van der Waals surface area contributed by atoms with Crippen molar-refractivity contribution in [2.75, 3.05) is 7.11 Å². The van der Waals surface area contributed by atoms with E-state index in [1.165, 1.54) is 7.11 Å². The number of methoxy groups -OCH3 is 1. The van der Waals surface area contributed by atoms with Crippen LogP contribution in [0.4, 0.5) is 0 Å². The predicted molar refractivity (Wildman–Crippen MR) is 41.2 cm³/mol. The van der Waals surface area contributed by atoms with Crippen LogP contribution < -0.4 is 0 Å². The van der Waals surface area contributed by atoms with Crippen molar-refractivity contribution in [3.8, 4) is 0 Å². The molecule has 0 rings (SSSR count). The first-order valence-corrected chi connectivity index (χ1v) is 3.83. The van der Waals surface area contributed by atoms with Crippen LogP contribution in [0.15, 0.2) is 0 Å². The number of esters is 1. The third kappa shape index (κ3) is 4.53. The molecule has 0 unspecified atom stereocenters. The third-order valence-corrected chi connectivity index (χ3v) is 1.42. The van der Waals surface area contributed by atoms with Gasteiger partial charge < -0.3 is 4.74 Å². The van der Waals surface area contributed by atoms with Gasteiger partial charge in [-0.1, -0.05) is 19.8 Å². The summed E-state index contributed by atoms with van der Waals surface area (Å²) in [5.74, 6) is -1.14. The maximum absolute atomic E-state index is 10.8. The van der Waals surface area contributed by atoms with Gasteiger partial charge in [-0.3, -0.25) is 4.79 Å². The van der Waals surface area contributed by atoms with Gasteiger partial charge in [-0.2, -0.15) is 0 Å². The topological polar surface area (TPSA) is 43.4 Å². The molecule has 0 aliphatic heterocycles. The Morgan fingerprint density at radius 3 is 2.36 bits per heavy atom. The smallest absolute Gasteiger partial charge is 0.374 e. The molecule has 0 atom stereocenters. The number of carbonyl (C=O) groups excluding carboxylic acids is 2. The molecule has 0 fully saturated rings. The molecule has 0 heterocycles. The molecule has 0 amide bonds. The third-order valence-electron chi connectivity index (χ3n) is 1.42. The molecule has 0 aromatic carbocycles. The number of unbranched alkanes of at least 4 members (excludes halogenated alkanes) is 2. The minimum Gasteiger partial charge on any atom is -0.463 e. The summed E-state index contributed by atoms with van der Waals surface area (Å²) in [7, 11) is 1.22. The molecule has 0 N–H and O–H groups in total. The summed E-state index contributed by atoms with van der Waals surface area (Å²) in [5, 5.41) is 0. The lowest BCUT2D eigenvalue weighted by molar-refractivity contribution is -0.151. The zero-order valence-corrected chi connectivity index (χ0v) is 7.05. The number of Topliss-reactive ketones (excluding diaryl/α,β-unsaturated/α-hetero) is 1. The minimum absolute atomic E-state index is 0.320. The molecular weight excluding hydrogens is 144 g/mol. The second kappa shape index (κ2) is 5.89. The first kappa shape index (κ1) is 10.1.